The van der Waals surface area contributed by atoms with Gasteiger partial charge < -0.3 is 15.1 Å². The van der Waals surface area contributed by atoms with Crippen LogP contribution in [0.2, 0.25) is 0 Å². The molecular weight excluding hydrogens is 396 g/mol. The van der Waals surface area contributed by atoms with Crippen molar-refractivity contribution in [1.29, 1.82) is 0 Å². The molecule has 3 fully saturated rings. The summed E-state index contributed by atoms with van der Waals surface area (Å²) >= 11 is 0. The molecule has 1 saturated carbocycles. The fraction of sp³-hybridized carbons (Fsp3) is 0.741. The van der Waals surface area contributed by atoms with Gasteiger partial charge >= 0.3 is 0 Å². The van der Waals surface area contributed by atoms with E-state index in [1.165, 1.54) is 103 Å². The van der Waals surface area contributed by atoms with Crippen molar-refractivity contribution in [3.63, 3.8) is 0 Å². The molecule has 1 atom stereocenters. The first kappa shape index (κ1) is 23.7. The summed E-state index contributed by atoms with van der Waals surface area (Å²) in [6, 6.07) is 9.32. The average Bonchev–Trinajstić information content (AvgIpc) is 3.34. The third-order valence-corrected chi connectivity index (χ3v) is 7.77. The zero-order chi connectivity index (χ0) is 22.2. The first-order valence-corrected chi connectivity index (χ1v) is 13.2. The fourth-order valence-corrected chi connectivity index (χ4v) is 6.07. The van der Waals surface area contributed by atoms with E-state index in [0.717, 1.165) is 30.7 Å². The Kier molecular flexibility index (Phi) is 9.01. The summed E-state index contributed by atoms with van der Waals surface area (Å²) in [5.41, 5.74) is 2.24. The number of piperidine rings is 2. The van der Waals surface area contributed by atoms with Gasteiger partial charge in [0, 0.05) is 51.4 Å². The number of rotatable bonds is 9. The molecule has 4 rings (SSSR count). The highest BCUT2D eigenvalue weighted by molar-refractivity contribution is 5.88. The molecule has 3 aliphatic rings. The molecule has 0 aromatic heterocycles. The predicted octanol–water partition coefficient (Wildman–Crippen LogP) is 4.59. The summed E-state index contributed by atoms with van der Waals surface area (Å²) < 4.78 is 0. The molecule has 0 radical (unpaired) electrons. The van der Waals surface area contributed by atoms with Gasteiger partial charge in [0.1, 0.15) is 0 Å². The number of hydrogen-bond donors (Lipinski definition) is 1. The lowest BCUT2D eigenvalue weighted by molar-refractivity contribution is -0.114. The minimum absolute atomic E-state index is 0.00924. The van der Waals surface area contributed by atoms with Crippen molar-refractivity contribution in [2.75, 3.05) is 51.1 Å². The Morgan fingerprint density at radius 1 is 0.969 bits per heavy atom. The van der Waals surface area contributed by atoms with Gasteiger partial charge in [-0.3, -0.25) is 9.69 Å². The first-order valence-electron chi connectivity index (χ1n) is 13.2. The van der Waals surface area contributed by atoms with Crippen LogP contribution < -0.4 is 5.32 Å². The highest BCUT2D eigenvalue weighted by Crippen LogP contribution is 2.28. The van der Waals surface area contributed by atoms with Crippen molar-refractivity contribution in [1.82, 2.24) is 14.7 Å². The molecule has 1 amide bonds. The maximum Gasteiger partial charge on any atom is 0.221 e. The lowest BCUT2D eigenvalue weighted by atomic mass is 9.95. The van der Waals surface area contributed by atoms with Gasteiger partial charge in [0.2, 0.25) is 5.91 Å². The number of carbonyl (C=O) groups is 1. The monoisotopic (exact) mass is 440 g/mol. The smallest absolute Gasteiger partial charge is 0.221 e. The molecule has 1 aromatic rings. The van der Waals surface area contributed by atoms with Crippen molar-refractivity contribution in [2.45, 2.75) is 77.3 Å². The summed E-state index contributed by atoms with van der Waals surface area (Å²) in [6.45, 7) is 11.3. The Morgan fingerprint density at radius 2 is 1.72 bits per heavy atom. The number of nitrogens with zero attached hydrogens (tertiary/aromatic N) is 3. The molecule has 2 saturated heterocycles. The summed E-state index contributed by atoms with van der Waals surface area (Å²) in [6.07, 6.45) is 12.6. The van der Waals surface area contributed by atoms with Gasteiger partial charge in [0.25, 0.3) is 0 Å². The Bertz CT molecular complexity index is 694. The second-order valence-corrected chi connectivity index (χ2v) is 10.5. The third kappa shape index (κ3) is 7.29. The average molecular weight is 441 g/mol. The molecule has 1 aromatic carbocycles. The van der Waals surface area contributed by atoms with Crippen molar-refractivity contribution < 1.29 is 4.79 Å². The van der Waals surface area contributed by atoms with Crippen molar-refractivity contribution in [3.05, 3.63) is 29.8 Å². The number of carbonyl (C=O) groups excluding carboxylic acids is 1. The van der Waals surface area contributed by atoms with E-state index in [9.17, 15) is 4.79 Å². The summed E-state index contributed by atoms with van der Waals surface area (Å²) in [4.78, 5) is 19.5. The number of benzene rings is 1. The van der Waals surface area contributed by atoms with E-state index in [2.05, 4.69) is 32.1 Å². The molecule has 0 bridgehead atoms. The molecule has 0 spiro atoms. The van der Waals surface area contributed by atoms with Gasteiger partial charge in [0.05, 0.1) is 0 Å². The Hall–Kier alpha value is -1.43. The van der Waals surface area contributed by atoms with Gasteiger partial charge in [-0.2, -0.15) is 0 Å². The van der Waals surface area contributed by atoms with Gasteiger partial charge in [-0.05, 0) is 81.8 Å². The number of anilines is 1. The number of likely N-dealkylation sites (tertiary alicyclic amines) is 2. The topological polar surface area (TPSA) is 38.8 Å². The molecule has 32 heavy (non-hydrogen) atoms. The van der Waals surface area contributed by atoms with Crippen LogP contribution in [-0.2, 0) is 11.3 Å². The van der Waals surface area contributed by atoms with Crippen molar-refractivity contribution >= 4 is 11.6 Å². The molecule has 1 unspecified atom stereocenters. The standard InChI is InChI=1S/C27H44N4O/c1-23(32)28-26-13-11-24(12-14-26)20-30(19-18-29-15-5-2-6-16-29)21-25-8-7-17-31(22-25)27-9-3-4-10-27/h11-14,25,27H,2-10,15-22H2,1H3,(H,28,32). The lowest BCUT2D eigenvalue weighted by Crippen LogP contribution is -2.46. The third-order valence-electron chi connectivity index (χ3n) is 7.77. The number of hydrogen-bond acceptors (Lipinski definition) is 4. The van der Waals surface area contributed by atoms with E-state index in [1.54, 1.807) is 6.92 Å². The van der Waals surface area contributed by atoms with Crippen LogP contribution in [-0.4, -0.2) is 72.5 Å². The largest absolute Gasteiger partial charge is 0.326 e. The normalized spacial score (nSPS) is 23.6. The zero-order valence-electron chi connectivity index (χ0n) is 20.2. The SMILES string of the molecule is CC(=O)Nc1ccc(CN(CCN2CCCCC2)CC2CCCN(C3CCCC3)C2)cc1. The van der Waals surface area contributed by atoms with Crippen molar-refractivity contribution in [2.24, 2.45) is 5.92 Å². The predicted molar refractivity (Wildman–Crippen MR) is 133 cm³/mol. The van der Waals surface area contributed by atoms with Crippen LogP contribution in [0, 0.1) is 5.92 Å². The molecule has 178 valence electrons. The van der Waals surface area contributed by atoms with Crippen LogP contribution in [0.3, 0.4) is 0 Å². The zero-order valence-corrected chi connectivity index (χ0v) is 20.2. The van der Waals surface area contributed by atoms with Gasteiger partial charge in [0.15, 0.2) is 0 Å². The molecule has 1 N–H and O–H groups in total. The maximum absolute atomic E-state index is 11.3. The van der Waals surface area contributed by atoms with Gasteiger partial charge in [-0.25, -0.2) is 0 Å². The molecular formula is C27H44N4O. The first-order chi connectivity index (χ1) is 15.7. The number of amides is 1. The van der Waals surface area contributed by atoms with Crippen LogP contribution in [0.5, 0.6) is 0 Å². The summed E-state index contributed by atoms with van der Waals surface area (Å²) in [5, 5.41) is 2.89. The maximum atomic E-state index is 11.3. The molecule has 5 heteroatoms. The fourth-order valence-electron chi connectivity index (χ4n) is 6.07. The Balaban J connectivity index is 1.35. The second-order valence-electron chi connectivity index (χ2n) is 10.5. The summed E-state index contributed by atoms with van der Waals surface area (Å²) in [7, 11) is 0. The van der Waals surface area contributed by atoms with Crippen LogP contribution >= 0.6 is 0 Å². The van der Waals surface area contributed by atoms with Crippen LogP contribution in [0.4, 0.5) is 5.69 Å². The molecule has 1 aliphatic carbocycles. The highest BCUT2D eigenvalue weighted by atomic mass is 16.1. The van der Waals surface area contributed by atoms with E-state index >= 15 is 0 Å². The van der Waals surface area contributed by atoms with Crippen LogP contribution in [0.1, 0.15) is 70.3 Å². The number of nitrogens with one attached hydrogen (secondary N) is 1. The highest BCUT2D eigenvalue weighted by Gasteiger charge is 2.28. The minimum atomic E-state index is -0.00924. The van der Waals surface area contributed by atoms with Crippen LogP contribution in [0.15, 0.2) is 24.3 Å². The van der Waals surface area contributed by atoms with Gasteiger partial charge in [-0.1, -0.05) is 31.4 Å². The van der Waals surface area contributed by atoms with E-state index < -0.39 is 0 Å². The van der Waals surface area contributed by atoms with E-state index in [-0.39, 0.29) is 5.91 Å². The van der Waals surface area contributed by atoms with E-state index in [0.29, 0.717) is 0 Å². The second kappa shape index (κ2) is 12.2. The summed E-state index contributed by atoms with van der Waals surface area (Å²) in [5.74, 6) is 0.786. The lowest BCUT2D eigenvalue weighted by Gasteiger charge is -2.39. The molecule has 2 heterocycles. The Morgan fingerprint density at radius 3 is 2.44 bits per heavy atom. The molecule has 2 aliphatic heterocycles. The molecule has 5 nitrogen and oxygen atoms in total. The van der Waals surface area contributed by atoms with Crippen LogP contribution in [0.25, 0.3) is 0 Å². The minimum Gasteiger partial charge on any atom is -0.326 e. The quantitative estimate of drug-likeness (QED) is 0.610. The Labute approximate surface area is 195 Å². The van der Waals surface area contributed by atoms with E-state index in [4.69, 9.17) is 0 Å². The van der Waals surface area contributed by atoms with E-state index in [1.807, 2.05) is 12.1 Å². The van der Waals surface area contributed by atoms with Crippen molar-refractivity contribution in [3.8, 4) is 0 Å². The van der Waals surface area contributed by atoms with Gasteiger partial charge in [-0.15, -0.1) is 0 Å².